The summed E-state index contributed by atoms with van der Waals surface area (Å²) in [6.07, 6.45) is 0. The third kappa shape index (κ3) is 3.68. The number of carbonyl (C=O) groups is 1. The smallest absolute Gasteiger partial charge is 0.387 e. The molecule has 1 aromatic carbocycles. The Labute approximate surface area is 129 Å². The van der Waals surface area contributed by atoms with Crippen molar-refractivity contribution in [2.24, 2.45) is 0 Å². The Kier molecular flexibility index (Phi) is 4.68. The van der Waals surface area contributed by atoms with Gasteiger partial charge in [-0.15, -0.1) is 0 Å². The number of hydrogen-bond donors (Lipinski definition) is 0. The van der Waals surface area contributed by atoms with E-state index in [0.717, 1.165) is 0 Å². The van der Waals surface area contributed by atoms with Gasteiger partial charge in [0.25, 0.3) is 0 Å². The number of nitro groups is 1. The molecule has 0 saturated heterocycles. The number of aromatic nitrogens is 2. The first kappa shape index (κ1) is 16.5. The summed E-state index contributed by atoms with van der Waals surface area (Å²) in [5.41, 5.74) is 0.639. The normalized spacial score (nSPS) is 10.8. The van der Waals surface area contributed by atoms with E-state index in [0.29, 0.717) is 0 Å². The van der Waals surface area contributed by atoms with Crippen LogP contribution in [0.3, 0.4) is 0 Å². The minimum absolute atomic E-state index is 0.0571. The van der Waals surface area contributed by atoms with Crippen molar-refractivity contribution >= 4 is 11.5 Å². The van der Waals surface area contributed by atoms with Crippen molar-refractivity contribution in [1.29, 1.82) is 0 Å². The molecule has 0 radical (unpaired) electrons. The molecule has 2 rings (SSSR count). The number of aryl methyl sites for hydroxylation is 1. The van der Waals surface area contributed by atoms with E-state index >= 15 is 0 Å². The maximum absolute atomic E-state index is 12.2. The summed E-state index contributed by atoms with van der Waals surface area (Å²) in [4.78, 5) is 22.6. The second-order valence-corrected chi connectivity index (χ2v) is 4.76. The minimum Gasteiger partial charge on any atom is -0.435 e. The number of Topliss-reactive ketones (excluding diaryl/α,β-unsaturated/α-hetero) is 1. The minimum atomic E-state index is -2.94. The third-order valence-corrected chi connectivity index (χ3v) is 3.22. The zero-order chi connectivity index (χ0) is 17.1. The second-order valence-electron chi connectivity index (χ2n) is 4.76. The molecule has 23 heavy (non-hydrogen) atoms. The van der Waals surface area contributed by atoms with Gasteiger partial charge in [0.05, 0.1) is 4.92 Å². The number of ketones is 1. The van der Waals surface area contributed by atoms with E-state index in [2.05, 4.69) is 9.84 Å². The molecule has 0 bridgehead atoms. The maximum Gasteiger partial charge on any atom is 0.387 e. The summed E-state index contributed by atoms with van der Waals surface area (Å²) in [6, 6.07) is 5.20. The number of rotatable bonds is 6. The first-order valence-corrected chi connectivity index (χ1v) is 6.56. The Morgan fingerprint density at radius 2 is 1.96 bits per heavy atom. The number of hydrogen-bond acceptors (Lipinski definition) is 5. The first-order valence-electron chi connectivity index (χ1n) is 6.56. The van der Waals surface area contributed by atoms with E-state index in [4.69, 9.17) is 0 Å². The molecule has 7 nitrogen and oxygen atoms in total. The Hall–Kier alpha value is -2.84. The van der Waals surface area contributed by atoms with Crippen molar-refractivity contribution in [3.05, 3.63) is 51.3 Å². The van der Waals surface area contributed by atoms with E-state index in [9.17, 15) is 23.7 Å². The van der Waals surface area contributed by atoms with E-state index in [1.807, 2.05) is 0 Å². The summed E-state index contributed by atoms with van der Waals surface area (Å²) in [6.45, 7) is -0.129. The van der Waals surface area contributed by atoms with Crippen molar-refractivity contribution in [2.75, 3.05) is 0 Å². The number of nitrogens with zero attached hydrogens (tertiary/aromatic N) is 3. The molecule has 0 atom stereocenters. The molecular formula is C14H13F2N3O4. The summed E-state index contributed by atoms with van der Waals surface area (Å²) in [5.74, 6) is -0.410. The van der Waals surface area contributed by atoms with Crippen molar-refractivity contribution < 1.29 is 23.2 Å². The van der Waals surface area contributed by atoms with Crippen LogP contribution in [0.25, 0.3) is 0 Å². The standard InChI is InChI=1S/C14H13F2N3O4/c1-8-13(19(21)22)9(2)18(17-8)7-12(20)10-3-5-11(6-4-10)23-14(15)16/h3-6,14H,7H2,1-2H3. The molecule has 1 aromatic heterocycles. The third-order valence-electron chi connectivity index (χ3n) is 3.22. The van der Waals surface area contributed by atoms with Gasteiger partial charge in [-0.1, -0.05) is 0 Å². The number of benzene rings is 1. The molecular weight excluding hydrogens is 312 g/mol. The highest BCUT2D eigenvalue weighted by atomic mass is 19.3. The molecule has 2 aromatic rings. The average molecular weight is 325 g/mol. The van der Waals surface area contributed by atoms with Gasteiger partial charge in [-0.2, -0.15) is 13.9 Å². The molecule has 0 saturated carbocycles. The molecule has 9 heteroatoms. The zero-order valence-electron chi connectivity index (χ0n) is 12.3. The number of carbonyl (C=O) groups excluding carboxylic acids is 1. The van der Waals surface area contributed by atoms with Crippen molar-refractivity contribution in [1.82, 2.24) is 9.78 Å². The topological polar surface area (TPSA) is 87.3 Å². The first-order chi connectivity index (χ1) is 10.8. The van der Waals surface area contributed by atoms with Crippen molar-refractivity contribution in [3.8, 4) is 5.75 Å². The Balaban J connectivity index is 2.16. The summed E-state index contributed by atoms with van der Waals surface area (Å²) < 4.78 is 29.6. The van der Waals surface area contributed by atoms with Gasteiger partial charge in [-0.25, -0.2) is 0 Å². The van der Waals surface area contributed by atoms with Crippen LogP contribution in [0.2, 0.25) is 0 Å². The lowest BCUT2D eigenvalue weighted by molar-refractivity contribution is -0.386. The summed E-state index contributed by atoms with van der Waals surface area (Å²) in [5, 5.41) is 14.9. The van der Waals surface area contributed by atoms with Gasteiger partial charge in [0.2, 0.25) is 0 Å². The van der Waals surface area contributed by atoms with Gasteiger partial charge in [-0.3, -0.25) is 19.6 Å². The average Bonchev–Trinajstić information content (AvgIpc) is 2.73. The summed E-state index contributed by atoms with van der Waals surface area (Å²) >= 11 is 0. The fraction of sp³-hybridized carbons (Fsp3) is 0.286. The van der Waals surface area contributed by atoms with Gasteiger partial charge in [0.15, 0.2) is 5.78 Å². The van der Waals surface area contributed by atoms with Crippen molar-refractivity contribution in [2.45, 2.75) is 27.0 Å². The predicted octanol–water partition coefficient (Wildman–Crippen LogP) is 2.89. The Morgan fingerprint density at radius 3 is 2.43 bits per heavy atom. The lowest BCUT2D eigenvalue weighted by Gasteiger charge is -2.06. The van der Waals surface area contributed by atoms with Crippen LogP contribution < -0.4 is 4.74 Å². The zero-order valence-corrected chi connectivity index (χ0v) is 12.3. The number of halogens is 2. The molecule has 0 fully saturated rings. The monoisotopic (exact) mass is 325 g/mol. The van der Waals surface area contributed by atoms with E-state index in [1.165, 1.54) is 42.8 Å². The highest BCUT2D eigenvalue weighted by Gasteiger charge is 2.23. The largest absolute Gasteiger partial charge is 0.435 e. The van der Waals surface area contributed by atoms with E-state index in [-0.39, 0.29) is 40.7 Å². The van der Waals surface area contributed by atoms with Crippen LogP contribution in [-0.4, -0.2) is 27.1 Å². The SMILES string of the molecule is Cc1nn(CC(=O)c2ccc(OC(F)F)cc2)c(C)c1[N+](=O)[O-]. The van der Waals surface area contributed by atoms with Gasteiger partial charge < -0.3 is 4.74 Å². The molecule has 0 spiro atoms. The molecule has 0 amide bonds. The van der Waals surface area contributed by atoms with E-state index < -0.39 is 11.5 Å². The predicted molar refractivity (Wildman–Crippen MR) is 75.8 cm³/mol. The van der Waals surface area contributed by atoms with Crippen molar-refractivity contribution in [3.63, 3.8) is 0 Å². The lowest BCUT2D eigenvalue weighted by Crippen LogP contribution is -2.13. The second kappa shape index (κ2) is 6.51. The highest BCUT2D eigenvalue weighted by molar-refractivity contribution is 5.96. The molecule has 0 aliphatic heterocycles. The highest BCUT2D eigenvalue weighted by Crippen LogP contribution is 2.22. The fourth-order valence-corrected chi connectivity index (χ4v) is 2.16. The van der Waals surface area contributed by atoms with Crippen LogP contribution in [0.15, 0.2) is 24.3 Å². The molecule has 0 unspecified atom stereocenters. The molecule has 1 heterocycles. The van der Waals surface area contributed by atoms with Gasteiger partial charge in [-0.05, 0) is 38.1 Å². The van der Waals surface area contributed by atoms with E-state index in [1.54, 1.807) is 0 Å². The molecule has 0 aliphatic rings. The lowest BCUT2D eigenvalue weighted by atomic mass is 10.1. The van der Waals surface area contributed by atoms with Gasteiger partial charge in [0, 0.05) is 5.56 Å². The number of alkyl halides is 2. The number of ether oxygens (including phenoxy) is 1. The van der Waals surface area contributed by atoms with Crippen LogP contribution in [0.5, 0.6) is 5.75 Å². The van der Waals surface area contributed by atoms with Crippen LogP contribution in [-0.2, 0) is 6.54 Å². The van der Waals surface area contributed by atoms with Gasteiger partial charge >= 0.3 is 12.3 Å². The van der Waals surface area contributed by atoms with Crippen LogP contribution in [0.4, 0.5) is 14.5 Å². The Morgan fingerprint density at radius 1 is 1.35 bits per heavy atom. The molecule has 0 aliphatic carbocycles. The Bertz CT molecular complexity index is 741. The maximum atomic E-state index is 12.2. The fourth-order valence-electron chi connectivity index (χ4n) is 2.16. The van der Waals surface area contributed by atoms with Crippen LogP contribution in [0.1, 0.15) is 21.7 Å². The van der Waals surface area contributed by atoms with Crippen LogP contribution >= 0.6 is 0 Å². The van der Waals surface area contributed by atoms with Gasteiger partial charge in [0.1, 0.15) is 23.7 Å². The quantitative estimate of drug-likeness (QED) is 0.463. The van der Waals surface area contributed by atoms with Crippen LogP contribution in [0, 0.1) is 24.0 Å². The molecule has 122 valence electrons. The molecule has 0 N–H and O–H groups in total. The summed E-state index contributed by atoms with van der Waals surface area (Å²) in [7, 11) is 0.